The van der Waals surface area contributed by atoms with E-state index in [1.165, 1.54) is 11.6 Å². The number of carbonyl (C=O) groups excluding carboxylic acids is 2. The van der Waals surface area contributed by atoms with Crippen molar-refractivity contribution in [3.63, 3.8) is 0 Å². The average molecular weight is 596 g/mol. The van der Waals surface area contributed by atoms with E-state index in [4.69, 9.17) is 19.8 Å². The number of amides is 3. The zero-order valence-corrected chi connectivity index (χ0v) is 24.8. The number of benzene rings is 2. The van der Waals surface area contributed by atoms with Gasteiger partial charge in [-0.15, -0.1) is 0 Å². The molecule has 0 unspecified atom stereocenters. The molecule has 0 radical (unpaired) electrons. The molecule has 12 nitrogen and oxygen atoms in total. The highest BCUT2D eigenvalue weighted by molar-refractivity contribution is 5.98. The summed E-state index contributed by atoms with van der Waals surface area (Å²) in [6, 6.07) is 15.5. The summed E-state index contributed by atoms with van der Waals surface area (Å²) in [5.41, 5.74) is 4.35. The summed E-state index contributed by atoms with van der Waals surface area (Å²) in [6.07, 6.45) is 5.08. The molecule has 4 aromatic rings. The lowest BCUT2D eigenvalue weighted by atomic mass is 10.0. The highest BCUT2D eigenvalue weighted by Gasteiger charge is 2.26. The molecule has 2 aromatic carbocycles. The molecular formula is C32H37N9O3. The maximum atomic E-state index is 11.7. The van der Waals surface area contributed by atoms with Crippen LogP contribution in [-0.2, 0) is 16.1 Å². The van der Waals surface area contributed by atoms with Crippen molar-refractivity contribution in [1.29, 1.82) is 0 Å². The van der Waals surface area contributed by atoms with E-state index in [0.29, 0.717) is 24.7 Å². The summed E-state index contributed by atoms with van der Waals surface area (Å²) in [7, 11) is 1.58. The van der Waals surface area contributed by atoms with Gasteiger partial charge in [0.15, 0.2) is 11.5 Å². The molecule has 2 aliphatic rings. The van der Waals surface area contributed by atoms with Crippen molar-refractivity contribution in [1.82, 2.24) is 30.0 Å². The number of rotatable bonds is 8. The minimum Gasteiger partial charge on any atom is -0.378 e. The summed E-state index contributed by atoms with van der Waals surface area (Å²) in [4.78, 5) is 38.1. The van der Waals surface area contributed by atoms with Gasteiger partial charge in [-0.1, -0.05) is 18.7 Å². The van der Waals surface area contributed by atoms with E-state index in [0.717, 1.165) is 73.7 Å². The van der Waals surface area contributed by atoms with Gasteiger partial charge in [-0.2, -0.15) is 5.10 Å². The van der Waals surface area contributed by atoms with Crippen LogP contribution in [0.25, 0.3) is 22.4 Å². The Balaban J connectivity index is 1.21. The number of carbonyl (C=O) groups is 2. The monoisotopic (exact) mass is 595 g/mol. The van der Waals surface area contributed by atoms with Crippen LogP contribution in [-0.4, -0.2) is 83.0 Å². The second-order valence-corrected chi connectivity index (χ2v) is 11.0. The van der Waals surface area contributed by atoms with Crippen molar-refractivity contribution in [2.75, 3.05) is 62.0 Å². The Hall–Kier alpha value is -4.81. The Morgan fingerprint density at radius 3 is 2.32 bits per heavy atom. The molecule has 6 rings (SSSR count). The second kappa shape index (κ2) is 13.2. The minimum atomic E-state index is -0.271. The highest BCUT2D eigenvalue weighted by Crippen LogP contribution is 2.32. The number of likely N-dealkylation sites (tertiary alicyclic amines) is 1. The number of ether oxygens (including phenoxy) is 1. The van der Waals surface area contributed by atoms with E-state index >= 15 is 0 Å². The lowest BCUT2D eigenvalue weighted by Gasteiger charge is -2.32. The molecule has 0 bridgehead atoms. The number of hydrogen-bond acceptors (Lipinski definition) is 8. The van der Waals surface area contributed by atoms with Gasteiger partial charge in [-0.05, 0) is 60.9 Å². The summed E-state index contributed by atoms with van der Waals surface area (Å²) in [5, 5.41) is 13.9. The number of urea groups is 1. The standard InChI is InChI=1S/C32H37N9O3/c1-3-28(42)35-24-8-4-22(5-9-24)21-39-14-12-26(13-15-39)41-31-27(20-34-41)30(40-16-18-44-19-17-40)37-29(38-31)23-6-10-25(11-7-23)36-32(43)33-2/h3-11,20,26H,1,12-19,21H2,2H3,(H,35,42)(H2,33,36,43). The van der Waals surface area contributed by atoms with Gasteiger partial charge >= 0.3 is 6.03 Å². The van der Waals surface area contributed by atoms with Crippen LogP contribution in [0.2, 0.25) is 0 Å². The molecule has 0 spiro atoms. The summed E-state index contributed by atoms with van der Waals surface area (Å²) >= 11 is 0. The molecule has 2 aliphatic heterocycles. The fourth-order valence-corrected chi connectivity index (χ4v) is 5.69. The van der Waals surface area contributed by atoms with Crippen LogP contribution in [0.4, 0.5) is 22.0 Å². The number of nitrogens with one attached hydrogen (secondary N) is 3. The van der Waals surface area contributed by atoms with Crippen molar-refractivity contribution in [2.24, 2.45) is 0 Å². The van der Waals surface area contributed by atoms with Gasteiger partial charge in [-0.25, -0.2) is 19.4 Å². The molecule has 3 N–H and O–H groups in total. The first kappa shape index (κ1) is 29.3. The molecule has 44 heavy (non-hydrogen) atoms. The number of aromatic nitrogens is 4. The maximum absolute atomic E-state index is 11.7. The van der Waals surface area contributed by atoms with E-state index in [1.807, 2.05) is 42.6 Å². The van der Waals surface area contributed by atoms with Crippen molar-refractivity contribution in [3.05, 3.63) is 72.9 Å². The Morgan fingerprint density at radius 1 is 0.955 bits per heavy atom. The van der Waals surface area contributed by atoms with E-state index in [-0.39, 0.29) is 18.0 Å². The van der Waals surface area contributed by atoms with Crippen molar-refractivity contribution < 1.29 is 14.3 Å². The zero-order valence-electron chi connectivity index (χ0n) is 24.8. The molecule has 2 saturated heterocycles. The van der Waals surface area contributed by atoms with Crippen LogP contribution in [0.5, 0.6) is 0 Å². The summed E-state index contributed by atoms with van der Waals surface area (Å²) in [6.45, 7) is 9.04. The van der Waals surface area contributed by atoms with Crippen LogP contribution in [0.3, 0.4) is 0 Å². The highest BCUT2D eigenvalue weighted by atomic mass is 16.5. The van der Waals surface area contributed by atoms with Crippen LogP contribution < -0.4 is 20.9 Å². The van der Waals surface area contributed by atoms with Gasteiger partial charge < -0.3 is 25.6 Å². The van der Waals surface area contributed by atoms with Crippen molar-refractivity contribution in [3.8, 4) is 11.4 Å². The van der Waals surface area contributed by atoms with Gasteiger partial charge in [0.2, 0.25) is 5.91 Å². The van der Waals surface area contributed by atoms with E-state index in [1.54, 1.807) is 7.05 Å². The van der Waals surface area contributed by atoms with E-state index in [9.17, 15) is 9.59 Å². The smallest absolute Gasteiger partial charge is 0.318 e. The predicted molar refractivity (Wildman–Crippen MR) is 171 cm³/mol. The molecular weight excluding hydrogens is 558 g/mol. The Bertz CT molecular complexity index is 1620. The molecule has 12 heteroatoms. The quantitative estimate of drug-likeness (QED) is 0.260. The van der Waals surface area contributed by atoms with Gasteiger partial charge in [0.25, 0.3) is 0 Å². The molecule has 0 aliphatic carbocycles. The largest absolute Gasteiger partial charge is 0.378 e. The topological polar surface area (TPSA) is 130 Å². The van der Waals surface area contributed by atoms with Crippen molar-refractivity contribution in [2.45, 2.75) is 25.4 Å². The van der Waals surface area contributed by atoms with E-state index in [2.05, 4.69) is 49.1 Å². The normalized spacial score (nSPS) is 16.1. The Labute approximate surface area is 256 Å². The number of fused-ring (bicyclic) bond motifs is 1. The third-order valence-electron chi connectivity index (χ3n) is 8.09. The zero-order chi connectivity index (χ0) is 30.5. The first-order valence-electron chi connectivity index (χ1n) is 14.9. The fraction of sp³-hybridized carbons (Fsp3) is 0.344. The van der Waals surface area contributed by atoms with Gasteiger partial charge in [0.05, 0.1) is 30.8 Å². The Kier molecular flexibility index (Phi) is 8.80. The van der Waals surface area contributed by atoms with Crippen LogP contribution in [0.1, 0.15) is 24.4 Å². The lowest BCUT2D eigenvalue weighted by molar-refractivity contribution is -0.111. The number of anilines is 3. The van der Waals surface area contributed by atoms with Gasteiger partial charge in [0.1, 0.15) is 5.82 Å². The van der Waals surface area contributed by atoms with Gasteiger partial charge in [0, 0.05) is 56.7 Å². The third kappa shape index (κ3) is 6.56. The van der Waals surface area contributed by atoms with Crippen LogP contribution in [0, 0.1) is 0 Å². The lowest BCUT2D eigenvalue weighted by Crippen LogP contribution is -2.37. The molecule has 0 atom stereocenters. The number of morpholine rings is 1. The average Bonchev–Trinajstić information content (AvgIpc) is 3.50. The number of nitrogens with zero attached hydrogens (tertiary/aromatic N) is 6. The molecule has 2 fully saturated rings. The van der Waals surface area contributed by atoms with Crippen molar-refractivity contribution >= 4 is 40.2 Å². The third-order valence-corrected chi connectivity index (χ3v) is 8.09. The number of piperidine rings is 1. The summed E-state index contributed by atoms with van der Waals surface area (Å²) in [5.74, 6) is 1.28. The molecule has 2 aromatic heterocycles. The fourth-order valence-electron chi connectivity index (χ4n) is 5.69. The van der Waals surface area contributed by atoms with Gasteiger partial charge in [-0.3, -0.25) is 9.69 Å². The number of hydrogen-bond donors (Lipinski definition) is 3. The molecule has 228 valence electrons. The van der Waals surface area contributed by atoms with Crippen LogP contribution in [0.15, 0.2) is 67.4 Å². The first-order valence-corrected chi connectivity index (χ1v) is 14.9. The molecule has 4 heterocycles. The maximum Gasteiger partial charge on any atom is 0.318 e. The minimum absolute atomic E-state index is 0.214. The molecule has 3 amide bonds. The SMILES string of the molecule is C=CC(=O)Nc1ccc(CN2CCC(n3ncc4c(N5CCOCC5)nc(-c5ccc(NC(=O)NC)cc5)nc43)CC2)cc1. The first-order chi connectivity index (χ1) is 21.5. The Morgan fingerprint density at radius 2 is 1.64 bits per heavy atom. The summed E-state index contributed by atoms with van der Waals surface area (Å²) < 4.78 is 7.69. The van der Waals surface area contributed by atoms with Crippen LogP contribution >= 0.6 is 0 Å². The molecule has 0 saturated carbocycles. The predicted octanol–water partition coefficient (Wildman–Crippen LogP) is 4.04. The van der Waals surface area contributed by atoms with E-state index < -0.39 is 0 Å². The second-order valence-electron chi connectivity index (χ2n) is 11.0.